The van der Waals surface area contributed by atoms with E-state index in [1.807, 2.05) is 9.62 Å². The van der Waals surface area contributed by atoms with Crippen LogP contribution in [0.15, 0.2) is 36.4 Å². The summed E-state index contributed by atoms with van der Waals surface area (Å²) in [6.07, 6.45) is -5.07. The lowest BCUT2D eigenvalue weighted by molar-refractivity contribution is -0.274. The first-order chi connectivity index (χ1) is 15.0. The van der Waals surface area contributed by atoms with Crippen LogP contribution < -0.4 is 9.46 Å². The van der Waals surface area contributed by atoms with Gasteiger partial charge in [0.15, 0.2) is 5.75 Å². The van der Waals surface area contributed by atoms with E-state index in [-0.39, 0.29) is 10.6 Å². The van der Waals surface area contributed by atoms with E-state index in [1.165, 1.54) is 23.1 Å². The molecule has 0 atom stereocenters. The molecule has 2 aromatic carbocycles. The van der Waals surface area contributed by atoms with E-state index < -0.39 is 40.4 Å². The zero-order valence-corrected chi connectivity index (χ0v) is 18.0. The first kappa shape index (κ1) is 24.1. The molecule has 7 nitrogen and oxygen atoms in total. The molecule has 0 unspecified atom stereocenters. The normalized spacial score (nSPS) is 15.1. The number of halogens is 5. The van der Waals surface area contributed by atoms with E-state index in [2.05, 4.69) is 4.74 Å². The van der Waals surface area contributed by atoms with Crippen molar-refractivity contribution < 1.29 is 35.5 Å². The number of hydrogen-bond acceptors (Lipinski definition) is 5. The molecule has 2 aromatic rings. The van der Waals surface area contributed by atoms with Crippen molar-refractivity contribution in [2.45, 2.75) is 12.9 Å². The summed E-state index contributed by atoms with van der Waals surface area (Å²) in [4.78, 5) is 16.3. The van der Waals surface area contributed by atoms with Crippen LogP contribution in [0.4, 0.5) is 23.2 Å². The number of carbonyl (C=O) groups is 1. The van der Waals surface area contributed by atoms with E-state index in [4.69, 9.17) is 11.6 Å². The molecule has 0 saturated carbocycles. The van der Waals surface area contributed by atoms with E-state index in [0.717, 1.165) is 17.7 Å². The summed E-state index contributed by atoms with van der Waals surface area (Å²) in [5, 5.41) is 0.0210. The van der Waals surface area contributed by atoms with Gasteiger partial charge in [-0.15, -0.1) is 13.2 Å². The molecular weight excluding hydrogens is 478 g/mol. The van der Waals surface area contributed by atoms with E-state index in [0.29, 0.717) is 32.7 Å². The molecule has 1 saturated heterocycles. The Morgan fingerprint density at radius 3 is 2.38 bits per heavy atom. The summed E-state index contributed by atoms with van der Waals surface area (Å²) in [5.41, 5.74) is 0.303. The van der Waals surface area contributed by atoms with Gasteiger partial charge in [0.25, 0.3) is 5.91 Å². The second-order valence-corrected chi connectivity index (χ2v) is 8.09. The highest BCUT2D eigenvalue weighted by Gasteiger charge is 2.33. The molecule has 3 rings (SSSR count). The van der Waals surface area contributed by atoms with Gasteiger partial charge in [0.2, 0.25) is 10.9 Å². The fraction of sp³-hybridized carbons (Fsp3) is 0.316. The van der Waals surface area contributed by atoms with Gasteiger partial charge in [-0.3, -0.25) is 14.4 Å². The number of carbonyl (C=O) groups excluding carboxylic acids is 1. The first-order valence-electron chi connectivity index (χ1n) is 9.28. The molecule has 1 N–H and O–H groups in total. The summed E-state index contributed by atoms with van der Waals surface area (Å²) in [5.74, 6) is -1.85. The summed E-state index contributed by atoms with van der Waals surface area (Å²) in [6, 6.07) is 7.53. The molecule has 0 aliphatic carbocycles. The van der Waals surface area contributed by atoms with Crippen LogP contribution in [0.2, 0.25) is 5.02 Å². The molecule has 174 valence electrons. The maximum atomic E-state index is 13.3. The Kier molecular flexibility index (Phi) is 7.47. The molecule has 32 heavy (non-hydrogen) atoms. The fourth-order valence-electron chi connectivity index (χ4n) is 3.24. The number of thiol groups is 1. The summed E-state index contributed by atoms with van der Waals surface area (Å²) in [7, 11) is -3.23. The number of anilines is 1. The van der Waals surface area contributed by atoms with E-state index in [9.17, 15) is 30.8 Å². The van der Waals surface area contributed by atoms with Crippen LogP contribution in [-0.4, -0.2) is 56.7 Å². The van der Waals surface area contributed by atoms with Gasteiger partial charge in [0, 0.05) is 38.3 Å². The average molecular weight is 496 g/mol. The third-order valence-corrected chi connectivity index (χ3v) is 5.43. The second kappa shape index (κ2) is 9.92. The minimum Gasteiger partial charge on any atom is -0.404 e. The zero-order valence-electron chi connectivity index (χ0n) is 16.4. The summed E-state index contributed by atoms with van der Waals surface area (Å²) < 4.78 is 78.7. The van der Waals surface area contributed by atoms with Gasteiger partial charge in [0.1, 0.15) is 5.82 Å². The highest BCUT2D eigenvalue weighted by atomic mass is 35.5. The molecule has 0 spiro atoms. The van der Waals surface area contributed by atoms with Crippen molar-refractivity contribution in [2.75, 3.05) is 30.9 Å². The highest BCUT2D eigenvalue weighted by Crippen LogP contribution is 2.32. The summed E-state index contributed by atoms with van der Waals surface area (Å²) in [6.45, 7) is 2.11. The van der Waals surface area contributed by atoms with Crippen molar-refractivity contribution in [1.82, 2.24) is 9.80 Å². The van der Waals surface area contributed by atoms with Gasteiger partial charge < -0.3 is 9.64 Å². The number of nitrogens with zero attached hydrogens (tertiary/aromatic N) is 2. The van der Waals surface area contributed by atoms with Gasteiger partial charge in [-0.05, 0) is 35.9 Å². The van der Waals surface area contributed by atoms with Gasteiger partial charge >= 0.3 is 6.36 Å². The lowest BCUT2D eigenvalue weighted by atomic mass is 10.1. The minimum absolute atomic E-state index is 0.0210. The molecule has 0 aromatic heterocycles. The maximum absolute atomic E-state index is 13.3. The smallest absolute Gasteiger partial charge is 0.404 e. The molecule has 1 fully saturated rings. The highest BCUT2D eigenvalue weighted by molar-refractivity contribution is 7.73. The van der Waals surface area contributed by atoms with Crippen molar-refractivity contribution in [3.05, 3.63) is 58.4 Å². The van der Waals surface area contributed by atoms with E-state index >= 15 is 0 Å². The van der Waals surface area contributed by atoms with Crippen molar-refractivity contribution >= 4 is 34.1 Å². The maximum Gasteiger partial charge on any atom is 0.573 e. The monoisotopic (exact) mass is 495 g/mol. The Hall–Kier alpha value is -2.57. The molecule has 13 heteroatoms. The molecule has 1 amide bonds. The lowest BCUT2D eigenvalue weighted by Crippen LogP contribution is -2.48. The predicted octanol–water partition coefficient (Wildman–Crippen LogP) is 3.27. The number of piperazine rings is 1. The third-order valence-electron chi connectivity index (χ3n) is 4.72. The van der Waals surface area contributed by atoms with Crippen molar-refractivity contribution in [3.63, 3.8) is 0 Å². The van der Waals surface area contributed by atoms with Gasteiger partial charge in [0.05, 0.1) is 10.7 Å². The van der Waals surface area contributed by atoms with Crippen molar-refractivity contribution in [2.24, 2.45) is 0 Å². The first-order valence-corrected chi connectivity index (χ1v) is 10.8. The Labute approximate surface area is 187 Å². The predicted molar refractivity (Wildman–Crippen MR) is 110 cm³/mol. The molecule has 1 aliphatic rings. The number of rotatable bonds is 6. The number of amides is 1. The Balaban J connectivity index is 1.67. The second-order valence-electron chi connectivity index (χ2n) is 6.94. The fourth-order valence-corrected chi connectivity index (χ4v) is 3.83. The quantitative estimate of drug-likeness (QED) is 0.475. The van der Waals surface area contributed by atoms with Crippen LogP contribution >= 0.6 is 11.6 Å². The van der Waals surface area contributed by atoms with Crippen molar-refractivity contribution in [1.29, 1.82) is 0 Å². The van der Waals surface area contributed by atoms with Crippen LogP contribution in [0.25, 0.3) is 0 Å². The van der Waals surface area contributed by atoms with E-state index in [1.54, 1.807) is 6.07 Å². The molecule has 1 aliphatic heterocycles. The van der Waals surface area contributed by atoms with Crippen LogP contribution in [0, 0.1) is 5.82 Å². The molecule has 0 bridgehead atoms. The average Bonchev–Trinajstić information content (AvgIpc) is 2.71. The SMILES string of the molecule is O=C(c1ccc(N[SH](=O)=O)c(OC(F)(F)F)c1)N1CCN(Cc2ccc(F)c(Cl)c2)CC1. The standard InChI is InChI=1S/C19H18ClF4N3O4S/c20-14-9-12(1-3-15(14)21)11-26-5-7-27(8-6-26)18(28)13-2-4-16(25-32(29)30)17(10-13)31-19(22,23)24/h1-4,9-10,32H,5-8,11H2,(H,25,29,30). The van der Waals surface area contributed by atoms with Gasteiger partial charge in [-0.25, -0.2) is 12.8 Å². The molecule has 1 heterocycles. The zero-order chi connectivity index (χ0) is 23.5. The Bertz CT molecular complexity index is 1070. The number of nitrogens with one attached hydrogen (secondary N) is 1. The van der Waals surface area contributed by atoms with Crippen molar-refractivity contribution in [3.8, 4) is 5.75 Å². The van der Waals surface area contributed by atoms with Crippen LogP contribution in [0.5, 0.6) is 5.75 Å². The Morgan fingerprint density at radius 1 is 1.09 bits per heavy atom. The topological polar surface area (TPSA) is 78.9 Å². The van der Waals surface area contributed by atoms with Crippen LogP contribution in [0.1, 0.15) is 15.9 Å². The lowest BCUT2D eigenvalue weighted by Gasteiger charge is -2.35. The Morgan fingerprint density at radius 2 is 1.78 bits per heavy atom. The number of benzene rings is 2. The van der Waals surface area contributed by atoms with Crippen LogP contribution in [-0.2, 0) is 17.4 Å². The number of ether oxygens (including phenoxy) is 1. The minimum atomic E-state index is -5.07. The number of hydrogen-bond donors (Lipinski definition) is 2. The molecule has 0 radical (unpaired) electrons. The molecular formula is C19H18ClF4N3O4S. The van der Waals surface area contributed by atoms with Crippen LogP contribution in [0.3, 0.4) is 0 Å². The largest absolute Gasteiger partial charge is 0.573 e. The van der Waals surface area contributed by atoms with Gasteiger partial charge in [-0.2, -0.15) is 0 Å². The third kappa shape index (κ3) is 6.47. The van der Waals surface area contributed by atoms with Gasteiger partial charge in [-0.1, -0.05) is 17.7 Å². The summed E-state index contributed by atoms with van der Waals surface area (Å²) >= 11 is 5.79. The number of alkyl halides is 3.